The van der Waals surface area contributed by atoms with Crippen LogP contribution in [0.4, 0.5) is 11.5 Å². The zero-order valence-corrected chi connectivity index (χ0v) is 11.3. The zero-order valence-electron chi connectivity index (χ0n) is 11.3. The van der Waals surface area contributed by atoms with Crippen LogP contribution in [0.15, 0.2) is 48.7 Å². The number of nitrogens with zero attached hydrogens (tertiary/aromatic N) is 3. The Morgan fingerprint density at radius 2 is 2.00 bits per heavy atom. The van der Waals surface area contributed by atoms with E-state index in [1.807, 2.05) is 24.3 Å². The summed E-state index contributed by atoms with van der Waals surface area (Å²) in [5, 5.41) is 15.0. The van der Waals surface area contributed by atoms with Gasteiger partial charge in [-0.25, -0.2) is 4.98 Å². The molecule has 3 aromatic rings. The summed E-state index contributed by atoms with van der Waals surface area (Å²) in [6, 6.07) is 12.2. The molecule has 21 heavy (non-hydrogen) atoms. The Bertz CT molecular complexity index is 828. The molecule has 0 unspecified atom stereocenters. The highest BCUT2D eigenvalue weighted by molar-refractivity contribution is 5.95. The summed E-state index contributed by atoms with van der Waals surface area (Å²) in [5.74, 6) is 0.580. The highest BCUT2D eigenvalue weighted by atomic mass is 16.6. The van der Waals surface area contributed by atoms with Crippen LogP contribution in [0.25, 0.3) is 22.2 Å². The van der Waals surface area contributed by atoms with E-state index in [2.05, 4.69) is 15.3 Å². The molecular formula is C15H12N4O2. The highest BCUT2D eigenvalue weighted by Gasteiger charge is 2.19. The number of hydrogen-bond donors (Lipinski definition) is 1. The van der Waals surface area contributed by atoms with E-state index >= 15 is 0 Å². The first-order valence-corrected chi connectivity index (χ1v) is 6.38. The number of benzene rings is 1. The quantitative estimate of drug-likeness (QED) is 0.588. The van der Waals surface area contributed by atoms with Gasteiger partial charge < -0.3 is 5.32 Å². The van der Waals surface area contributed by atoms with Crippen LogP contribution in [-0.2, 0) is 0 Å². The lowest BCUT2D eigenvalue weighted by Crippen LogP contribution is -1.99. The molecular weight excluding hydrogens is 268 g/mol. The Morgan fingerprint density at radius 1 is 1.14 bits per heavy atom. The topological polar surface area (TPSA) is 81.0 Å². The fourth-order valence-corrected chi connectivity index (χ4v) is 2.25. The van der Waals surface area contributed by atoms with Crippen molar-refractivity contribution in [1.82, 2.24) is 9.97 Å². The van der Waals surface area contributed by atoms with Crippen molar-refractivity contribution in [2.75, 3.05) is 12.4 Å². The van der Waals surface area contributed by atoms with Crippen molar-refractivity contribution < 1.29 is 4.92 Å². The van der Waals surface area contributed by atoms with E-state index in [0.717, 1.165) is 10.9 Å². The summed E-state index contributed by atoms with van der Waals surface area (Å²) in [5.41, 5.74) is 1.79. The standard InChI is InChI=1S/C15H12N4O2/c1-16-14-8-7-13(19(20)21)15(18-14)11-4-2-6-12-10(11)5-3-9-17-12/h2-9H,1H3,(H,16,18). The molecule has 0 radical (unpaired) electrons. The van der Waals surface area contributed by atoms with Gasteiger partial charge in [0.05, 0.1) is 10.4 Å². The molecule has 3 rings (SSSR count). The van der Waals surface area contributed by atoms with Crippen LogP contribution in [-0.4, -0.2) is 21.9 Å². The summed E-state index contributed by atoms with van der Waals surface area (Å²) in [4.78, 5) is 19.5. The first-order chi connectivity index (χ1) is 10.2. The molecule has 0 saturated carbocycles. The summed E-state index contributed by atoms with van der Waals surface area (Å²) in [6.07, 6.45) is 1.69. The molecule has 0 aliphatic carbocycles. The smallest absolute Gasteiger partial charge is 0.295 e. The van der Waals surface area contributed by atoms with E-state index in [4.69, 9.17) is 0 Å². The molecule has 0 amide bonds. The molecule has 0 aliphatic rings. The maximum absolute atomic E-state index is 11.3. The third kappa shape index (κ3) is 2.27. The molecule has 0 bridgehead atoms. The largest absolute Gasteiger partial charge is 0.373 e. The van der Waals surface area contributed by atoms with Gasteiger partial charge in [0.1, 0.15) is 5.82 Å². The van der Waals surface area contributed by atoms with E-state index in [0.29, 0.717) is 17.1 Å². The SMILES string of the molecule is CNc1ccc([N+](=O)[O-])c(-c2cccc3ncccc23)n1. The van der Waals surface area contributed by atoms with Gasteiger partial charge in [-0.2, -0.15) is 0 Å². The summed E-state index contributed by atoms with van der Waals surface area (Å²) < 4.78 is 0. The fraction of sp³-hybridized carbons (Fsp3) is 0.0667. The molecule has 0 spiro atoms. The number of pyridine rings is 2. The second-order valence-electron chi connectivity index (χ2n) is 4.45. The first-order valence-electron chi connectivity index (χ1n) is 6.38. The van der Waals surface area contributed by atoms with Gasteiger partial charge in [0, 0.05) is 30.3 Å². The zero-order chi connectivity index (χ0) is 14.8. The Kier molecular flexibility index (Phi) is 3.19. The van der Waals surface area contributed by atoms with E-state index in [1.165, 1.54) is 6.07 Å². The van der Waals surface area contributed by atoms with Crippen LogP contribution in [0, 0.1) is 10.1 Å². The lowest BCUT2D eigenvalue weighted by Gasteiger charge is -2.08. The summed E-state index contributed by atoms with van der Waals surface area (Å²) in [6.45, 7) is 0. The minimum atomic E-state index is -0.420. The Morgan fingerprint density at radius 3 is 2.76 bits per heavy atom. The van der Waals surface area contributed by atoms with Crippen molar-refractivity contribution in [1.29, 1.82) is 0 Å². The minimum absolute atomic E-state index is 0.0228. The molecule has 104 valence electrons. The number of hydrogen-bond acceptors (Lipinski definition) is 5. The Balaban J connectivity index is 2.34. The van der Waals surface area contributed by atoms with Gasteiger partial charge >= 0.3 is 0 Å². The lowest BCUT2D eigenvalue weighted by atomic mass is 10.0. The van der Waals surface area contributed by atoms with Crippen molar-refractivity contribution in [3.05, 3.63) is 58.8 Å². The maximum atomic E-state index is 11.3. The number of nitrogens with one attached hydrogen (secondary N) is 1. The van der Waals surface area contributed by atoms with Crippen molar-refractivity contribution in [3.8, 4) is 11.3 Å². The van der Waals surface area contributed by atoms with Gasteiger partial charge in [-0.3, -0.25) is 15.1 Å². The predicted molar refractivity (Wildman–Crippen MR) is 81.2 cm³/mol. The van der Waals surface area contributed by atoms with Crippen molar-refractivity contribution in [2.24, 2.45) is 0 Å². The molecule has 1 aromatic carbocycles. The third-order valence-corrected chi connectivity index (χ3v) is 3.23. The van der Waals surface area contributed by atoms with Crippen LogP contribution in [0.3, 0.4) is 0 Å². The van der Waals surface area contributed by atoms with Crippen LogP contribution >= 0.6 is 0 Å². The summed E-state index contributed by atoms with van der Waals surface area (Å²) >= 11 is 0. The van der Waals surface area contributed by atoms with Crippen molar-refractivity contribution in [3.63, 3.8) is 0 Å². The number of fused-ring (bicyclic) bond motifs is 1. The maximum Gasteiger partial charge on any atom is 0.295 e. The Hall–Kier alpha value is -3.02. The normalized spacial score (nSPS) is 10.5. The van der Waals surface area contributed by atoms with Crippen LogP contribution in [0.5, 0.6) is 0 Å². The average Bonchev–Trinajstić information content (AvgIpc) is 2.53. The molecule has 0 atom stereocenters. The molecule has 1 N–H and O–H groups in total. The molecule has 0 fully saturated rings. The van der Waals surface area contributed by atoms with E-state index in [-0.39, 0.29) is 5.69 Å². The van der Waals surface area contributed by atoms with Gasteiger partial charge in [-0.1, -0.05) is 18.2 Å². The average molecular weight is 280 g/mol. The lowest BCUT2D eigenvalue weighted by molar-refractivity contribution is -0.384. The molecule has 0 aliphatic heterocycles. The van der Waals surface area contributed by atoms with Gasteiger partial charge in [-0.15, -0.1) is 0 Å². The molecule has 6 nitrogen and oxygen atoms in total. The molecule has 0 saturated heterocycles. The van der Waals surface area contributed by atoms with Gasteiger partial charge in [0.2, 0.25) is 0 Å². The van der Waals surface area contributed by atoms with E-state index in [1.54, 1.807) is 25.4 Å². The monoisotopic (exact) mass is 280 g/mol. The number of nitro groups is 1. The molecule has 2 aromatic heterocycles. The van der Waals surface area contributed by atoms with E-state index in [9.17, 15) is 10.1 Å². The Labute approximate surface area is 120 Å². The number of aromatic nitrogens is 2. The molecule has 2 heterocycles. The third-order valence-electron chi connectivity index (χ3n) is 3.23. The van der Waals surface area contributed by atoms with Gasteiger partial charge in [-0.05, 0) is 18.2 Å². The van der Waals surface area contributed by atoms with Gasteiger partial charge in [0.15, 0.2) is 5.69 Å². The van der Waals surface area contributed by atoms with Crippen molar-refractivity contribution in [2.45, 2.75) is 0 Å². The summed E-state index contributed by atoms with van der Waals surface area (Å²) in [7, 11) is 1.72. The van der Waals surface area contributed by atoms with Crippen molar-refractivity contribution >= 4 is 22.4 Å². The predicted octanol–water partition coefficient (Wildman–Crippen LogP) is 3.25. The number of anilines is 1. The minimum Gasteiger partial charge on any atom is -0.373 e. The van der Waals surface area contributed by atoms with Crippen LogP contribution in [0.2, 0.25) is 0 Å². The highest BCUT2D eigenvalue weighted by Crippen LogP contribution is 2.33. The van der Waals surface area contributed by atoms with Crippen LogP contribution < -0.4 is 5.32 Å². The van der Waals surface area contributed by atoms with Gasteiger partial charge in [0.25, 0.3) is 5.69 Å². The number of rotatable bonds is 3. The fourth-order valence-electron chi connectivity index (χ4n) is 2.25. The first kappa shape index (κ1) is 13.0. The molecule has 6 heteroatoms. The van der Waals surface area contributed by atoms with Crippen LogP contribution in [0.1, 0.15) is 0 Å². The van der Waals surface area contributed by atoms with E-state index < -0.39 is 4.92 Å². The second-order valence-corrected chi connectivity index (χ2v) is 4.45. The second kappa shape index (κ2) is 5.16.